The van der Waals surface area contributed by atoms with Gasteiger partial charge in [0.05, 0.1) is 0 Å². The van der Waals surface area contributed by atoms with Gasteiger partial charge in [-0.05, 0) is 78.9 Å². The molecule has 0 aliphatic heterocycles. The van der Waals surface area contributed by atoms with Gasteiger partial charge in [0.25, 0.3) is 11.8 Å². The maximum absolute atomic E-state index is 12.3. The Morgan fingerprint density at radius 2 is 1.48 bits per heavy atom. The van der Waals surface area contributed by atoms with Gasteiger partial charge in [0, 0.05) is 27.0 Å². The van der Waals surface area contributed by atoms with Crippen LogP contribution in [-0.2, 0) is 4.79 Å². The number of thiocarbonyl (C=S) groups is 1. The summed E-state index contributed by atoms with van der Waals surface area (Å²) in [6, 6.07) is 20.2. The van der Waals surface area contributed by atoms with Crippen LogP contribution < -0.4 is 20.7 Å². The molecule has 2 amide bonds. The Bertz CT molecular complexity index is 1090. The van der Waals surface area contributed by atoms with E-state index < -0.39 is 5.91 Å². The summed E-state index contributed by atoms with van der Waals surface area (Å²) in [5.41, 5.74) is 1.70. The first-order valence-corrected chi connectivity index (χ1v) is 10.2. The number of carbonyl (C=O) groups excluding carboxylic acids is 2. The number of nitrogens with one attached hydrogen (secondary N) is 3. The summed E-state index contributed by atoms with van der Waals surface area (Å²) >= 11 is 16.9. The lowest BCUT2D eigenvalue weighted by Gasteiger charge is -2.11. The predicted octanol–water partition coefficient (Wildman–Crippen LogP) is 5.14. The second kappa shape index (κ2) is 10.8. The molecule has 3 N–H and O–H groups in total. The first-order chi connectivity index (χ1) is 14.9. The van der Waals surface area contributed by atoms with Crippen LogP contribution in [0.5, 0.6) is 5.75 Å². The monoisotopic (exact) mass is 473 g/mol. The molecule has 0 aliphatic carbocycles. The van der Waals surface area contributed by atoms with Crippen molar-refractivity contribution < 1.29 is 14.3 Å². The minimum absolute atomic E-state index is 0.125. The molecule has 0 saturated carbocycles. The second-order valence-electron chi connectivity index (χ2n) is 6.29. The number of hydrogen-bond donors (Lipinski definition) is 3. The molecule has 31 heavy (non-hydrogen) atoms. The maximum atomic E-state index is 12.3. The molecule has 0 radical (unpaired) electrons. The van der Waals surface area contributed by atoms with E-state index in [9.17, 15) is 9.59 Å². The summed E-state index contributed by atoms with van der Waals surface area (Å²) in [4.78, 5) is 24.2. The highest BCUT2D eigenvalue weighted by Crippen LogP contribution is 2.17. The number of anilines is 2. The Morgan fingerprint density at radius 3 is 2.13 bits per heavy atom. The fourth-order valence-corrected chi connectivity index (χ4v) is 3.02. The zero-order valence-electron chi connectivity index (χ0n) is 16.0. The van der Waals surface area contributed by atoms with Crippen molar-refractivity contribution >= 4 is 63.7 Å². The van der Waals surface area contributed by atoms with E-state index in [1.54, 1.807) is 72.8 Å². The quantitative estimate of drug-likeness (QED) is 0.432. The molecule has 0 unspecified atom stereocenters. The average Bonchev–Trinajstić information content (AvgIpc) is 2.74. The van der Waals surface area contributed by atoms with Gasteiger partial charge < -0.3 is 15.4 Å². The normalized spacial score (nSPS) is 10.1. The van der Waals surface area contributed by atoms with Crippen LogP contribution in [0.25, 0.3) is 0 Å². The summed E-state index contributed by atoms with van der Waals surface area (Å²) < 4.78 is 5.36. The Kier molecular flexibility index (Phi) is 7.83. The molecule has 6 nitrogen and oxygen atoms in total. The van der Waals surface area contributed by atoms with E-state index in [1.165, 1.54) is 0 Å². The van der Waals surface area contributed by atoms with E-state index in [0.717, 1.165) is 0 Å². The lowest BCUT2D eigenvalue weighted by atomic mass is 10.2. The van der Waals surface area contributed by atoms with Gasteiger partial charge in [-0.25, -0.2) is 0 Å². The van der Waals surface area contributed by atoms with Crippen molar-refractivity contribution in [1.29, 1.82) is 0 Å². The fraction of sp³-hybridized carbons (Fsp3) is 0.0455. The van der Waals surface area contributed by atoms with E-state index in [4.69, 9.17) is 40.2 Å². The Morgan fingerprint density at radius 1 is 0.839 bits per heavy atom. The van der Waals surface area contributed by atoms with Crippen LogP contribution in [0.2, 0.25) is 10.0 Å². The Labute approximate surface area is 194 Å². The summed E-state index contributed by atoms with van der Waals surface area (Å²) in [6.07, 6.45) is 0. The van der Waals surface area contributed by atoms with Crippen LogP contribution in [0.15, 0.2) is 72.8 Å². The first kappa shape index (κ1) is 22.6. The lowest BCUT2D eigenvalue weighted by molar-refractivity contribution is -0.121. The van der Waals surface area contributed by atoms with Crippen LogP contribution in [0.4, 0.5) is 11.4 Å². The van der Waals surface area contributed by atoms with Crippen LogP contribution in [0, 0.1) is 0 Å². The third-order valence-electron chi connectivity index (χ3n) is 3.92. The van der Waals surface area contributed by atoms with E-state index in [-0.39, 0.29) is 17.6 Å². The molecule has 0 bridgehead atoms. The van der Waals surface area contributed by atoms with Gasteiger partial charge in [0.1, 0.15) is 5.75 Å². The second-order valence-corrected chi connectivity index (χ2v) is 7.57. The Balaban J connectivity index is 1.46. The number of ether oxygens (including phenoxy) is 1. The molecule has 0 spiro atoms. The van der Waals surface area contributed by atoms with Crippen molar-refractivity contribution in [3.63, 3.8) is 0 Å². The topological polar surface area (TPSA) is 79.5 Å². The highest BCUT2D eigenvalue weighted by molar-refractivity contribution is 7.80. The third-order valence-corrected chi connectivity index (χ3v) is 4.62. The van der Waals surface area contributed by atoms with Crippen molar-refractivity contribution in [1.82, 2.24) is 5.32 Å². The van der Waals surface area contributed by atoms with Crippen LogP contribution in [0.3, 0.4) is 0 Å². The first-order valence-electron chi connectivity index (χ1n) is 9.05. The number of amides is 2. The average molecular weight is 474 g/mol. The van der Waals surface area contributed by atoms with Crippen molar-refractivity contribution in [3.8, 4) is 5.75 Å². The standard InChI is InChI=1S/C22H17Cl2N3O3S/c23-15-4-10-19(11-5-15)30-13-20(28)27-22(31)26-18-8-6-17(7-9-18)25-21(29)14-2-1-3-16(24)12-14/h1-12H,13H2,(H,25,29)(H2,26,27,28,31). The number of carbonyl (C=O) groups is 2. The molecule has 0 aliphatic rings. The summed E-state index contributed by atoms with van der Waals surface area (Å²) in [6.45, 7) is -0.197. The molecule has 3 rings (SSSR count). The zero-order valence-corrected chi connectivity index (χ0v) is 18.4. The molecule has 158 valence electrons. The van der Waals surface area contributed by atoms with Crippen LogP contribution in [-0.4, -0.2) is 23.5 Å². The third kappa shape index (κ3) is 7.25. The van der Waals surface area contributed by atoms with E-state index >= 15 is 0 Å². The van der Waals surface area contributed by atoms with E-state index in [0.29, 0.717) is 32.7 Å². The fourth-order valence-electron chi connectivity index (χ4n) is 2.47. The Hall–Kier alpha value is -3.13. The summed E-state index contributed by atoms with van der Waals surface area (Å²) in [5, 5.41) is 9.40. The van der Waals surface area contributed by atoms with Gasteiger partial charge in [-0.3, -0.25) is 14.9 Å². The molecule has 0 fully saturated rings. The molecule has 0 saturated heterocycles. The van der Waals surface area contributed by atoms with Crippen LogP contribution in [0.1, 0.15) is 10.4 Å². The minimum atomic E-state index is -0.405. The van der Waals surface area contributed by atoms with E-state index in [2.05, 4.69) is 16.0 Å². The lowest BCUT2D eigenvalue weighted by Crippen LogP contribution is -2.37. The molecular formula is C22H17Cl2N3O3S. The molecule has 3 aromatic carbocycles. The van der Waals surface area contributed by atoms with Gasteiger partial charge in [0.2, 0.25) is 0 Å². The van der Waals surface area contributed by atoms with Gasteiger partial charge >= 0.3 is 0 Å². The predicted molar refractivity (Wildman–Crippen MR) is 127 cm³/mol. The van der Waals surface area contributed by atoms with Crippen molar-refractivity contribution in [2.45, 2.75) is 0 Å². The highest BCUT2D eigenvalue weighted by atomic mass is 35.5. The number of benzene rings is 3. The van der Waals surface area contributed by atoms with Gasteiger partial charge in [-0.15, -0.1) is 0 Å². The number of halogens is 2. The summed E-state index contributed by atoms with van der Waals surface area (Å²) in [5.74, 6) is -0.154. The number of rotatable bonds is 6. The SMILES string of the molecule is O=C(COc1ccc(Cl)cc1)NC(=S)Nc1ccc(NC(=O)c2cccc(Cl)c2)cc1. The van der Waals surface area contributed by atoms with Gasteiger partial charge in [-0.1, -0.05) is 29.3 Å². The maximum Gasteiger partial charge on any atom is 0.264 e. The van der Waals surface area contributed by atoms with Crippen LogP contribution >= 0.6 is 35.4 Å². The van der Waals surface area contributed by atoms with E-state index in [1.807, 2.05) is 0 Å². The van der Waals surface area contributed by atoms with Crippen molar-refractivity contribution in [2.75, 3.05) is 17.2 Å². The summed E-state index contributed by atoms with van der Waals surface area (Å²) in [7, 11) is 0. The van der Waals surface area contributed by atoms with Gasteiger partial charge in [0.15, 0.2) is 11.7 Å². The largest absolute Gasteiger partial charge is 0.484 e. The molecule has 0 aromatic heterocycles. The number of hydrogen-bond acceptors (Lipinski definition) is 4. The molecule has 9 heteroatoms. The smallest absolute Gasteiger partial charge is 0.264 e. The molecule has 0 heterocycles. The highest BCUT2D eigenvalue weighted by Gasteiger charge is 2.08. The van der Waals surface area contributed by atoms with Gasteiger partial charge in [-0.2, -0.15) is 0 Å². The zero-order chi connectivity index (χ0) is 22.2. The van der Waals surface area contributed by atoms with Crippen molar-refractivity contribution in [3.05, 3.63) is 88.4 Å². The molecule has 3 aromatic rings. The molecular weight excluding hydrogens is 457 g/mol. The minimum Gasteiger partial charge on any atom is -0.484 e. The molecule has 0 atom stereocenters. The van der Waals surface area contributed by atoms with Crippen molar-refractivity contribution in [2.24, 2.45) is 0 Å².